The first kappa shape index (κ1) is 12.9. The van der Waals surface area contributed by atoms with Crippen molar-refractivity contribution in [3.05, 3.63) is 23.8 Å². The summed E-state index contributed by atoms with van der Waals surface area (Å²) in [4.78, 5) is 23.5. The smallest absolute Gasteiger partial charge is 0.252 e. The van der Waals surface area contributed by atoms with Crippen molar-refractivity contribution in [2.45, 2.75) is 12.8 Å². The second-order valence-electron chi connectivity index (χ2n) is 4.80. The number of nitrogens with one attached hydrogen (secondary N) is 1. The fourth-order valence-electron chi connectivity index (χ4n) is 2.10. The topological polar surface area (TPSA) is 81.4 Å². The summed E-state index contributed by atoms with van der Waals surface area (Å²) in [6, 6.07) is 5.39. The molecule has 1 aromatic heterocycles. The Balaban J connectivity index is 2.06. The summed E-state index contributed by atoms with van der Waals surface area (Å²) in [5.74, 6) is 0.212. The van der Waals surface area contributed by atoms with Crippen molar-refractivity contribution in [1.82, 2.24) is 0 Å². The summed E-state index contributed by atoms with van der Waals surface area (Å²) in [5, 5.41) is 4.09. The maximum Gasteiger partial charge on any atom is 0.252 e. The van der Waals surface area contributed by atoms with Crippen LogP contribution in [0.25, 0.3) is 10.1 Å². The van der Waals surface area contributed by atoms with E-state index in [0.717, 1.165) is 22.9 Å². The highest BCUT2D eigenvalue weighted by Crippen LogP contribution is 2.39. The molecule has 1 aliphatic rings. The molecular formula is C14H14N2O3S. The maximum absolute atomic E-state index is 11.9. The monoisotopic (exact) mass is 290 g/mol. The Kier molecular flexibility index (Phi) is 3.10. The number of methoxy groups -OCH3 is 1. The zero-order valence-corrected chi connectivity index (χ0v) is 11.8. The number of amides is 2. The van der Waals surface area contributed by atoms with Crippen molar-refractivity contribution in [3.63, 3.8) is 0 Å². The average molecular weight is 290 g/mol. The SMILES string of the molecule is COc1ccc2c(C(N)=O)c(NC(=O)C3CC3)sc2c1. The summed E-state index contributed by atoms with van der Waals surface area (Å²) >= 11 is 1.34. The van der Waals surface area contributed by atoms with Crippen LogP contribution in [0.1, 0.15) is 23.2 Å². The number of primary amides is 1. The van der Waals surface area contributed by atoms with Gasteiger partial charge in [0.25, 0.3) is 5.91 Å². The van der Waals surface area contributed by atoms with Gasteiger partial charge in [0.1, 0.15) is 10.8 Å². The van der Waals surface area contributed by atoms with E-state index in [-0.39, 0.29) is 11.8 Å². The van der Waals surface area contributed by atoms with E-state index in [4.69, 9.17) is 10.5 Å². The van der Waals surface area contributed by atoms with Crippen molar-refractivity contribution >= 4 is 38.2 Å². The summed E-state index contributed by atoms with van der Waals surface area (Å²) in [6.07, 6.45) is 1.83. The van der Waals surface area contributed by atoms with Crippen LogP contribution in [0.4, 0.5) is 5.00 Å². The van der Waals surface area contributed by atoms with Gasteiger partial charge >= 0.3 is 0 Å². The molecule has 3 rings (SSSR count). The molecule has 6 heteroatoms. The van der Waals surface area contributed by atoms with Crippen LogP contribution >= 0.6 is 11.3 Å². The highest BCUT2D eigenvalue weighted by Gasteiger charge is 2.31. The molecule has 0 atom stereocenters. The normalized spacial score (nSPS) is 14.2. The van der Waals surface area contributed by atoms with Crippen LogP contribution in [0.5, 0.6) is 5.75 Å². The molecule has 1 saturated carbocycles. The molecule has 0 radical (unpaired) electrons. The van der Waals surface area contributed by atoms with Crippen LogP contribution < -0.4 is 15.8 Å². The van der Waals surface area contributed by atoms with Crippen molar-refractivity contribution in [1.29, 1.82) is 0 Å². The van der Waals surface area contributed by atoms with Gasteiger partial charge in [-0.25, -0.2) is 0 Å². The Bertz CT molecular complexity index is 704. The molecule has 1 fully saturated rings. The van der Waals surface area contributed by atoms with Crippen LogP contribution in [0.2, 0.25) is 0 Å². The number of rotatable bonds is 4. The number of fused-ring (bicyclic) bond motifs is 1. The Morgan fingerprint density at radius 1 is 1.40 bits per heavy atom. The highest BCUT2D eigenvalue weighted by atomic mass is 32.1. The molecule has 0 spiro atoms. The average Bonchev–Trinajstić information content (AvgIpc) is 3.19. The first-order valence-corrected chi connectivity index (χ1v) is 7.13. The van der Waals surface area contributed by atoms with E-state index in [0.29, 0.717) is 16.3 Å². The van der Waals surface area contributed by atoms with Gasteiger partial charge in [-0.3, -0.25) is 9.59 Å². The third-order valence-corrected chi connectivity index (χ3v) is 4.40. The predicted molar refractivity (Wildman–Crippen MR) is 78.2 cm³/mol. The summed E-state index contributed by atoms with van der Waals surface area (Å²) in [7, 11) is 1.58. The van der Waals surface area contributed by atoms with E-state index in [1.807, 2.05) is 6.07 Å². The van der Waals surface area contributed by atoms with Gasteiger partial charge in [0.05, 0.1) is 12.7 Å². The van der Waals surface area contributed by atoms with Gasteiger partial charge in [-0.2, -0.15) is 0 Å². The van der Waals surface area contributed by atoms with Crippen molar-refractivity contribution in [2.24, 2.45) is 11.7 Å². The number of thiophene rings is 1. The molecule has 1 heterocycles. The maximum atomic E-state index is 11.9. The number of ether oxygens (including phenoxy) is 1. The molecule has 1 aliphatic carbocycles. The number of hydrogen-bond acceptors (Lipinski definition) is 4. The molecule has 0 saturated heterocycles. The second-order valence-corrected chi connectivity index (χ2v) is 5.85. The van der Waals surface area contributed by atoms with Crippen LogP contribution in [0.15, 0.2) is 18.2 Å². The first-order valence-electron chi connectivity index (χ1n) is 6.31. The van der Waals surface area contributed by atoms with E-state index in [1.165, 1.54) is 11.3 Å². The van der Waals surface area contributed by atoms with Crippen LogP contribution in [-0.4, -0.2) is 18.9 Å². The van der Waals surface area contributed by atoms with Gasteiger partial charge < -0.3 is 15.8 Å². The molecule has 20 heavy (non-hydrogen) atoms. The lowest BCUT2D eigenvalue weighted by Gasteiger charge is -2.03. The lowest BCUT2D eigenvalue weighted by Crippen LogP contribution is -2.17. The molecule has 0 unspecified atom stereocenters. The van der Waals surface area contributed by atoms with Gasteiger partial charge in [0.15, 0.2) is 0 Å². The van der Waals surface area contributed by atoms with Gasteiger partial charge in [-0.15, -0.1) is 11.3 Å². The zero-order valence-electron chi connectivity index (χ0n) is 10.9. The lowest BCUT2D eigenvalue weighted by molar-refractivity contribution is -0.117. The predicted octanol–water partition coefficient (Wildman–Crippen LogP) is 2.36. The van der Waals surface area contributed by atoms with E-state index in [2.05, 4.69) is 5.32 Å². The third kappa shape index (κ3) is 2.22. The number of carbonyl (C=O) groups excluding carboxylic acids is 2. The van der Waals surface area contributed by atoms with Gasteiger partial charge in [-0.1, -0.05) is 0 Å². The minimum atomic E-state index is -0.535. The van der Waals surface area contributed by atoms with Crippen molar-refractivity contribution < 1.29 is 14.3 Å². The van der Waals surface area contributed by atoms with Crippen molar-refractivity contribution in [3.8, 4) is 5.75 Å². The molecule has 1 aromatic carbocycles. The second kappa shape index (κ2) is 4.79. The Morgan fingerprint density at radius 2 is 2.15 bits per heavy atom. The molecule has 3 N–H and O–H groups in total. The molecule has 0 aliphatic heterocycles. The molecular weight excluding hydrogens is 276 g/mol. The van der Waals surface area contributed by atoms with E-state index in [1.54, 1.807) is 19.2 Å². The fourth-order valence-corrected chi connectivity index (χ4v) is 3.24. The minimum Gasteiger partial charge on any atom is -0.497 e. The molecule has 104 valence electrons. The summed E-state index contributed by atoms with van der Waals surface area (Å²) < 4.78 is 6.03. The van der Waals surface area contributed by atoms with Crippen LogP contribution in [0.3, 0.4) is 0 Å². The van der Waals surface area contributed by atoms with Gasteiger partial charge in [-0.05, 0) is 31.0 Å². The first-order chi connectivity index (χ1) is 9.60. The zero-order chi connectivity index (χ0) is 14.3. The quantitative estimate of drug-likeness (QED) is 0.907. The Hall–Kier alpha value is -2.08. The molecule has 2 aromatic rings. The highest BCUT2D eigenvalue weighted by molar-refractivity contribution is 7.23. The van der Waals surface area contributed by atoms with E-state index < -0.39 is 5.91 Å². The van der Waals surface area contributed by atoms with Gasteiger partial charge in [0, 0.05) is 16.0 Å². The number of carbonyl (C=O) groups is 2. The van der Waals surface area contributed by atoms with Crippen LogP contribution in [-0.2, 0) is 4.79 Å². The van der Waals surface area contributed by atoms with Crippen molar-refractivity contribution in [2.75, 3.05) is 12.4 Å². The third-order valence-electron chi connectivity index (χ3n) is 3.33. The summed E-state index contributed by atoms with van der Waals surface area (Å²) in [5.41, 5.74) is 5.82. The Labute approximate surface area is 119 Å². The number of nitrogens with two attached hydrogens (primary N) is 1. The van der Waals surface area contributed by atoms with Crippen LogP contribution in [0, 0.1) is 5.92 Å². The van der Waals surface area contributed by atoms with E-state index >= 15 is 0 Å². The molecule has 5 nitrogen and oxygen atoms in total. The number of benzene rings is 1. The summed E-state index contributed by atoms with van der Waals surface area (Å²) in [6.45, 7) is 0. The molecule has 0 bridgehead atoms. The molecule has 2 amide bonds. The number of hydrogen-bond donors (Lipinski definition) is 2. The minimum absolute atomic E-state index is 0.0361. The lowest BCUT2D eigenvalue weighted by atomic mass is 10.1. The van der Waals surface area contributed by atoms with Gasteiger partial charge in [0.2, 0.25) is 5.91 Å². The largest absolute Gasteiger partial charge is 0.497 e. The standard InChI is InChI=1S/C14H14N2O3S/c1-19-8-4-5-9-10(6-8)20-14(11(9)12(15)17)16-13(18)7-2-3-7/h4-7H,2-3H2,1H3,(H2,15,17)(H,16,18). The van der Waals surface area contributed by atoms with E-state index in [9.17, 15) is 9.59 Å². The Morgan fingerprint density at radius 3 is 2.75 bits per heavy atom. The number of anilines is 1. The fraction of sp³-hybridized carbons (Fsp3) is 0.286.